The Kier molecular flexibility index (Phi) is 4.36. The number of nitrogens with zero attached hydrogens (tertiary/aromatic N) is 1. The number of amides is 2. The Hall–Kier alpha value is -2.83. The van der Waals surface area contributed by atoms with Crippen LogP contribution in [0.5, 0.6) is 11.5 Å². The van der Waals surface area contributed by atoms with E-state index < -0.39 is 0 Å². The van der Waals surface area contributed by atoms with Crippen molar-refractivity contribution in [3.8, 4) is 11.5 Å². The van der Waals surface area contributed by atoms with E-state index in [-0.39, 0.29) is 18.2 Å². The quantitative estimate of drug-likeness (QED) is 0.777. The standard InChI is InChI=1S/C19H21N3O4/c1-25-18-9-16-15(6-11(18)10-23)17(4-5-20-16)26-14-7-13(8-14)22-19(24)21-12-2-3-12/h4-6,9-10,12-14H,2-3,7-8H2,1H3,(H2,21,22,24). The van der Waals surface area contributed by atoms with Gasteiger partial charge in [0.2, 0.25) is 0 Å². The molecule has 2 N–H and O–H groups in total. The van der Waals surface area contributed by atoms with Crippen molar-refractivity contribution in [3.63, 3.8) is 0 Å². The van der Waals surface area contributed by atoms with Gasteiger partial charge < -0.3 is 20.1 Å². The Morgan fingerprint density at radius 3 is 2.65 bits per heavy atom. The van der Waals surface area contributed by atoms with E-state index in [1.54, 1.807) is 24.4 Å². The smallest absolute Gasteiger partial charge is 0.315 e. The second kappa shape index (κ2) is 6.82. The molecule has 7 heteroatoms. The highest BCUT2D eigenvalue weighted by Crippen LogP contribution is 2.33. The molecule has 7 nitrogen and oxygen atoms in total. The van der Waals surface area contributed by atoms with Crippen molar-refractivity contribution in [2.24, 2.45) is 0 Å². The van der Waals surface area contributed by atoms with Gasteiger partial charge in [0, 0.05) is 42.6 Å². The summed E-state index contributed by atoms with van der Waals surface area (Å²) in [6, 6.07) is 5.67. The Balaban J connectivity index is 1.41. The molecule has 26 heavy (non-hydrogen) atoms. The monoisotopic (exact) mass is 355 g/mol. The summed E-state index contributed by atoms with van der Waals surface area (Å²) in [7, 11) is 1.52. The lowest BCUT2D eigenvalue weighted by molar-refractivity contribution is 0.0900. The van der Waals surface area contributed by atoms with E-state index in [0.717, 1.165) is 37.4 Å². The van der Waals surface area contributed by atoms with Gasteiger partial charge >= 0.3 is 6.03 Å². The predicted molar refractivity (Wildman–Crippen MR) is 95.8 cm³/mol. The number of fused-ring (bicyclic) bond motifs is 1. The van der Waals surface area contributed by atoms with E-state index in [9.17, 15) is 9.59 Å². The molecule has 0 unspecified atom stereocenters. The Morgan fingerprint density at radius 2 is 1.96 bits per heavy atom. The number of methoxy groups -OCH3 is 1. The summed E-state index contributed by atoms with van der Waals surface area (Å²) in [5, 5.41) is 6.67. The third-order valence-electron chi connectivity index (χ3n) is 4.82. The fraction of sp³-hybridized carbons (Fsp3) is 0.421. The Bertz CT molecular complexity index is 844. The zero-order valence-electron chi connectivity index (χ0n) is 14.5. The summed E-state index contributed by atoms with van der Waals surface area (Å²) < 4.78 is 11.3. The molecule has 0 saturated heterocycles. The molecule has 2 amide bonds. The molecule has 1 heterocycles. The number of carbonyl (C=O) groups is 2. The summed E-state index contributed by atoms with van der Waals surface area (Å²) in [5.41, 5.74) is 1.17. The largest absolute Gasteiger partial charge is 0.496 e. The third kappa shape index (κ3) is 3.42. The number of hydrogen-bond acceptors (Lipinski definition) is 5. The van der Waals surface area contributed by atoms with Crippen LogP contribution in [0, 0.1) is 0 Å². The van der Waals surface area contributed by atoms with Crippen LogP contribution < -0.4 is 20.1 Å². The van der Waals surface area contributed by atoms with E-state index in [1.165, 1.54) is 7.11 Å². The maximum absolute atomic E-state index is 11.8. The lowest BCUT2D eigenvalue weighted by atomic mass is 9.89. The summed E-state index contributed by atoms with van der Waals surface area (Å²) in [6.07, 6.45) is 6.15. The number of urea groups is 1. The van der Waals surface area contributed by atoms with Crippen LogP contribution in [0.25, 0.3) is 10.9 Å². The van der Waals surface area contributed by atoms with Gasteiger partial charge in [-0.2, -0.15) is 0 Å². The summed E-state index contributed by atoms with van der Waals surface area (Å²) in [5.74, 6) is 1.18. The SMILES string of the molecule is COc1cc2nccc(OC3CC(NC(=O)NC4CC4)C3)c2cc1C=O. The predicted octanol–water partition coefficient (Wildman–Crippen LogP) is 2.43. The van der Waals surface area contributed by atoms with E-state index >= 15 is 0 Å². The molecule has 0 spiro atoms. The highest BCUT2D eigenvalue weighted by Gasteiger charge is 2.33. The van der Waals surface area contributed by atoms with Gasteiger partial charge in [-0.3, -0.25) is 9.78 Å². The van der Waals surface area contributed by atoms with Gasteiger partial charge in [-0.15, -0.1) is 0 Å². The number of pyridine rings is 1. The highest BCUT2D eigenvalue weighted by atomic mass is 16.5. The van der Waals surface area contributed by atoms with Crippen molar-refractivity contribution in [2.75, 3.05) is 7.11 Å². The zero-order chi connectivity index (χ0) is 18.1. The first kappa shape index (κ1) is 16.6. The first-order valence-electron chi connectivity index (χ1n) is 8.82. The maximum Gasteiger partial charge on any atom is 0.315 e. The van der Waals surface area contributed by atoms with Crippen molar-refractivity contribution in [1.29, 1.82) is 0 Å². The van der Waals surface area contributed by atoms with E-state index in [0.29, 0.717) is 28.6 Å². The molecule has 2 aromatic rings. The van der Waals surface area contributed by atoms with Crippen molar-refractivity contribution in [2.45, 2.75) is 43.9 Å². The number of hydrogen-bond donors (Lipinski definition) is 2. The first-order chi connectivity index (χ1) is 12.7. The molecule has 2 fully saturated rings. The van der Waals surface area contributed by atoms with Crippen LogP contribution in [-0.2, 0) is 0 Å². The normalized spacial score (nSPS) is 21.6. The highest BCUT2D eigenvalue weighted by molar-refractivity contribution is 5.93. The minimum Gasteiger partial charge on any atom is -0.496 e. The van der Waals surface area contributed by atoms with Crippen LogP contribution in [0.15, 0.2) is 24.4 Å². The van der Waals surface area contributed by atoms with Gasteiger partial charge in [0.15, 0.2) is 6.29 Å². The maximum atomic E-state index is 11.8. The summed E-state index contributed by atoms with van der Waals surface area (Å²) >= 11 is 0. The minimum absolute atomic E-state index is 0.0357. The molecule has 1 aromatic heterocycles. The number of benzene rings is 1. The first-order valence-corrected chi connectivity index (χ1v) is 8.82. The van der Waals surface area contributed by atoms with Gasteiger partial charge in [0.05, 0.1) is 18.2 Å². The van der Waals surface area contributed by atoms with Gasteiger partial charge in [0.25, 0.3) is 0 Å². The Morgan fingerprint density at radius 1 is 1.19 bits per heavy atom. The third-order valence-corrected chi connectivity index (χ3v) is 4.82. The number of rotatable bonds is 6. The minimum atomic E-state index is -0.0898. The molecular formula is C19H21N3O4. The molecule has 2 aliphatic rings. The number of ether oxygens (including phenoxy) is 2. The van der Waals surface area contributed by atoms with Crippen LogP contribution in [-0.4, -0.2) is 42.6 Å². The molecular weight excluding hydrogens is 334 g/mol. The van der Waals surface area contributed by atoms with Crippen LogP contribution in [0.4, 0.5) is 4.79 Å². The second-order valence-electron chi connectivity index (χ2n) is 6.84. The lowest BCUT2D eigenvalue weighted by Gasteiger charge is -2.36. The van der Waals surface area contributed by atoms with Gasteiger partial charge in [-0.05, 0) is 25.0 Å². The summed E-state index contributed by atoms with van der Waals surface area (Å²) in [4.78, 5) is 27.3. The van der Waals surface area contributed by atoms with Crippen molar-refractivity contribution in [1.82, 2.24) is 15.6 Å². The van der Waals surface area contributed by atoms with Crippen molar-refractivity contribution >= 4 is 23.2 Å². The van der Waals surface area contributed by atoms with E-state index in [4.69, 9.17) is 9.47 Å². The molecule has 0 atom stereocenters. The molecule has 136 valence electrons. The number of nitrogens with one attached hydrogen (secondary N) is 2. The van der Waals surface area contributed by atoms with Crippen molar-refractivity contribution in [3.05, 3.63) is 30.0 Å². The van der Waals surface area contributed by atoms with Crippen LogP contribution >= 0.6 is 0 Å². The van der Waals surface area contributed by atoms with Crippen molar-refractivity contribution < 1.29 is 19.1 Å². The van der Waals surface area contributed by atoms with Crippen LogP contribution in [0.3, 0.4) is 0 Å². The second-order valence-corrected chi connectivity index (χ2v) is 6.84. The Labute approximate surface area is 151 Å². The zero-order valence-corrected chi connectivity index (χ0v) is 14.5. The van der Waals surface area contributed by atoms with E-state index in [2.05, 4.69) is 15.6 Å². The molecule has 2 aliphatic carbocycles. The van der Waals surface area contributed by atoms with E-state index in [1.807, 2.05) is 0 Å². The van der Waals surface area contributed by atoms with Gasteiger partial charge in [0.1, 0.15) is 17.6 Å². The van der Waals surface area contributed by atoms with Gasteiger partial charge in [-0.25, -0.2) is 4.79 Å². The topological polar surface area (TPSA) is 89.6 Å². The number of aromatic nitrogens is 1. The lowest BCUT2D eigenvalue weighted by Crippen LogP contribution is -2.52. The number of aldehydes is 1. The fourth-order valence-electron chi connectivity index (χ4n) is 3.14. The number of carbonyl (C=O) groups excluding carboxylic acids is 2. The molecule has 0 bridgehead atoms. The van der Waals surface area contributed by atoms with Gasteiger partial charge in [-0.1, -0.05) is 0 Å². The van der Waals surface area contributed by atoms with Crippen LogP contribution in [0.1, 0.15) is 36.0 Å². The molecule has 4 rings (SSSR count). The molecule has 0 radical (unpaired) electrons. The molecule has 2 saturated carbocycles. The molecule has 0 aliphatic heterocycles. The molecule has 1 aromatic carbocycles. The average molecular weight is 355 g/mol. The summed E-state index contributed by atoms with van der Waals surface area (Å²) in [6.45, 7) is 0. The fourth-order valence-corrected chi connectivity index (χ4v) is 3.14. The van der Waals surface area contributed by atoms with Crippen LogP contribution in [0.2, 0.25) is 0 Å². The average Bonchev–Trinajstić information content (AvgIpc) is 3.42.